The van der Waals surface area contributed by atoms with Crippen LogP contribution < -0.4 is 4.90 Å². The first kappa shape index (κ1) is 21.4. The smallest absolute Gasteiger partial charge is 0.242 e. The average Bonchev–Trinajstić information content (AvgIpc) is 3.26. The SMILES string of the molecule is CSc1ncc(-c2ccccc2N2CCN(C(=O)Cn3cnc4cccnc43)C(C)C2)cn1. The third-order valence-corrected chi connectivity index (χ3v) is 6.57. The summed E-state index contributed by atoms with van der Waals surface area (Å²) in [5, 5.41) is 0.762. The van der Waals surface area contributed by atoms with Crippen molar-refractivity contribution in [1.29, 1.82) is 0 Å². The van der Waals surface area contributed by atoms with Crippen molar-refractivity contribution >= 4 is 34.5 Å². The van der Waals surface area contributed by atoms with Gasteiger partial charge in [0.1, 0.15) is 12.1 Å². The number of nitrogens with zero attached hydrogens (tertiary/aromatic N) is 7. The van der Waals surface area contributed by atoms with Crippen molar-refractivity contribution in [3.8, 4) is 11.1 Å². The lowest BCUT2D eigenvalue weighted by molar-refractivity contribution is -0.134. The van der Waals surface area contributed by atoms with Gasteiger partial charge in [-0.05, 0) is 31.4 Å². The Kier molecular flexibility index (Phi) is 5.95. The van der Waals surface area contributed by atoms with Crippen molar-refractivity contribution in [2.45, 2.75) is 24.7 Å². The summed E-state index contributed by atoms with van der Waals surface area (Å²) in [5.74, 6) is 0.0847. The number of piperazine rings is 1. The Hall–Kier alpha value is -3.46. The van der Waals surface area contributed by atoms with Crippen LogP contribution in [0.5, 0.6) is 0 Å². The van der Waals surface area contributed by atoms with Crippen molar-refractivity contribution in [2.24, 2.45) is 0 Å². The molecule has 0 bridgehead atoms. The fraction of sp³-hybridized carbons (Fsp3) is 0.292. The van der Waals surface area contributed by atoms with Crippen molar-refractivity contribution in [3.63, 3.8) is 0 Å². The molecule has 1 unspecified atom stereocenters. The van der Waals surface area contributed by atoms with Gasteiger partial charge in [0.15, 0.2) is 10.8 Å². The number of para-hydroxylation sites is 1. The van der Waals surface area contributed by atoms with Crippen molar-refractivity contribution in [2.75, 3.05) is 30.8 Å². The number of thioether (sulfide) groups is 1. The highest BCUT2D eigenvalue weighted by Crippen LogP contribution is 2.32. The zero-order valence-electron chi connectivity index (χ0n) is 18.6. The van der Waals surface area contributed by atoms with Gasteiger partial charge in [0.2, 0.25) is 5.91 Å². The standard InChI is InChI=1S/C24H25N7OS/c1-17-14-29(21-8-4-3-6-19(21)18-12-26-24(33-2)27-13-18)10-11-31(17)22(32)15-30-16-28-20-7-5-9-25-23(20)30/h3-9,12-13,16-17H,10-11,14-15H2,1-2H3. The molecule has 1 atom stereocenters. The maximum absolute atomic E-state index is 13.1. The summed E-state index contributed by atoms with van der Waals surface area (Å²) in [7, 11) is 0. The third kappa shape index (κ3) is 4.28. The molecule has 5 rings (SSSR count). The molecule has 1 aromatic carbocycles. The zero-order valence-corrected chi connectivity index (χ0v) is 19.4. The van der Waals surface area contributed by atoms with Gasteiger partial charge in [-0.25, -0.2) is 19.9 Å². The molecule has 9 heteroatoms. The number of pyridine rings is 1. The summed E-state index contributed by atoms with van der Waals surface area (Å²) in [5.41, 5.74) is 4.78. The van der Waals surface area contributed by atoms with E-state index in [1.807, 2.05) is 46.3 Å². The van der Waals surface area contributed by atoms with Crippen molar-refractivity contribution in [1.82, 2.24) is 29.4 Å². The fourth-order valence-corrected chi connectivity index (χ4v) is 4.67. The minimum Gasteiger partial charge on any atom is -0.367 e. The van der Waals surface area contributed by atoms with Crippen LogP contribution in [0.1, 0.15) is 6.92 Å². The van der Waals surface area contributed by atoms with E-state index in [0.29, 0.717) is 6.54 Å². The first-order valence-corrected chi connectivity index (χ1v) is 12.1. The van der Waals surface area contributed by atoms with Gasteiger partial charge < -0.3 is 14.4 Å². The van der Waals surface area contributed by atoms with E-state index in [9.17, 15) is 4.79 Å². The molecule has 168 valence electrons. The number of carbonyl (C=O) groups is 1. The highest BCUT2D eigenvalue weighted by atomic mass is 32.2. The number of hydrogen-bond acceptors (Lipinski definition) is 7. The van der Waals surface area contributed by atoms with Gasteiger partial charge >= 0.3 is 0 Å². The molecule has 33 heavy (non-hydrogen) atoms. The molecular weight excluding hydrogens is 434 g/mol. The first-order chi connectivity index (χ1) is 16.1. The van der Waals surface area contributed by atoms with E-state index >= 15 is 0 Å². The Morgan fingerprint density at radius 1 is 1.06 bits per heavy atom. The van der Waals surface area contributed by atoms with E-state index in [1.54, 1.807) is 12.5 Å². The van der Waals surface area contributed by atoms with Gasteiger partial charge in [0.25, 0.3) is 0 Å². The summed E-state index contributed by atoms with van der Waals surface area (Å²) in [6, 6.07) is 12.2. The van der Waals surface area contributed by atoms with E-state index in [1.165, 1.54) is 11.8 Å². The van der Waals surface area contributed by atoms with E-state index in [2.05, 4.69) is 50.0 Å². The molecule has 0 N–H and O–H groups in total. The summed E-state index contributed by atoms with van der Waals surface area (Å²) in [6.45, 7) is 4.53. The number of aromatic nitrogens is 5. The lowest BCUT2D eigenvalue weighted by Gasteiger charge is -2.41. The van der Waals surface area contributed by atoms with Crippen LogP contribution in [0.3, 0.4) is 0 Å². The van der Waals surface area contributed by atoms with E-state index < -0.39 is 0 Å². The van der Waals surface area contributed by atoms with E-state index in [-0.39, 0.29) is 18.5 Å². The largest absolute Gasteiger partial charge is 0.367 e. The van der Waals surface area contributed by atoms with Gasteiger partial charge in [0.05, 0.1) is 6.33 Å². The van der Waals surface area contributed by atoms with Gasteiger partial charge in [-0.1, -0.05) is 30.0 Å². The highest BCUT2D eigenvalue weighted by molar-refractivity contribution is 7.98. The molecule has 3 aromatic heterocycles. The van der Waals surface area contributed by atoms with Crippen LogP contribution in [0, 0.1) is 0 Å². The van der Waals surface area contributed by atoms with Gasteiger partial charge in [0, 0.05) is 61.1 Å². The second-order valence-electron chi connectivity index (χ2n) is 8.08. The number of benzene rings is 1. The summed E-state index contributed by atoms with van der Waals surface area (Å²) in [4.78, 5) is 35.0. The molecule has 0 spiro atoms. The Morgan fingerprint density at radius 2 is 1.88 bits per heavy atom. The lowest BCUT2D eigenvalue weighted by atomic mass is 10.0. The van der Waals surface area contributed by atoms with Crippen LogP contribution in [-0.2, 0) is 11.3 Å². The van der Waals surface area contributed by atoms with E-state index in [4.69, 9.17) is 0 Å². The molecule has 1 aliphatic rings. The maximum atomic E-state index is 13.1. The third-order valence-electron chi connectivity index (χ3n) is 5.99. The fourth-order valence-electron chi connectivity index (χ4n) is 4.35. The van der Waals surface area contributed by atoms with E-state index in [0.717, 1.165) is 46.2 Å². The molecule has 4 heterocycles. The predicted molar refractivity (Wildman–Crippen MR) is 130 cm³/mol. The van der Waals surface area contributed by atoms with Crippen LogP contribution in [0.2, 0.25) is 0 Å². The van der Waals surface area contributed by atoms with Crippen molar-refractivity contribution in [3.05, 3.63) is 61.3 Å². The van der Waals surface area contributed by atoms with Crippen LogP contribution in [0.4, 0.5) is 5.69 Å². The first-order valence-electron chi connectivity index (χ1n) is 10.9. The van der Waals surface area contributed by atoms with Crippen LogP contribution in [-0.4, -0.2) is 67.2 Å². The Labute approximate surface area is 196 Å². The number of amides is 1. The molecule has 0 saturated carbocycles. The average molecular weight is 460 g/mol. The second kappa shape index (κ2) is 9.19. The molecule has 0 radical (unpaired) electrons. The summed E-state index contributed by atoms with van der Waals surface area (Å²) >= 11 is 1.53. The normalized spacial score (nSPS) is 16.4. The summed E-state index contributed by atoms with van der Waals surface area (Å²) in [6.07, 6.45) is 9.15. The van der Waals surface area contributed by atoms with Crippen LogP contribution >= 0.6 is 11.8 Å². The minimum absolute atomic E-state index is 0.0807. The Morgan fingerprint density at radius 3 is 2.67 bits per heavy atom. The maximum Gasteiger partial charge on any atom is 0.242 e. The number of imidazole rings is 1. The zero-order chi connectivity index (χ0) is 22.8. The Balaban J connectivity index is 1.31. The summed E-state index contributed by atoms with van der Waals surface area (Å²) < 4.78 is 1.82. The van der Waals surface area contributed by atoms with Crippen molar-refractivity contribution < 1.29 is 4.79 Å². The van der Waals surface area contributed by atoms with Gasteiger partial charge in [-0.3, -0.25) is 4.79 Å². The lowest BCUT2D eigenvalue weighted by Crippen LogP contribution is -2.54. The molecule has 1 amide bonds. The molecular formula is C24H25N7OS. The number of fused-ring (bicyclic) bond motifs is 1. The van der Waals surface area contributed by atoms with Gasteiger partial charge in [-0.2, -0.15) is 0 Å². The minimum atomic E-state index is 0.0807. The highest BCUT2D eigenvalue weighted by Gasteiger charge is 2.29. The molecule has 1 aliphatic heterocycles. The molecule has 4 aromatic rings. The monoisotopic (exact) mass is 459 g/mol. The quantitative estimate of drug-likeness (QED) is 0.334. The van der Waals surface area contributed by atoms with Crippen LogP contribution in [0.15, 0.2) is 66.5 Å². The molecule has 0 aliphatic carbocycles. The van der Waals surface area contributed by atoms with Crippen LogP contribution in [0.25, 0.3) is 22.3 Å². The number of carbonyl (C=O) groups excluding carboxylic acids is 1. The second-order valence-corrected chi connectivity index (χ2v) is 8.85. The number of rotatable bonds is 5. The predicted octanol–water partition coefficient (Wildman–Crippen LogP) is 3.35. The topological polar surface area (TPSA) is 80.0 Å². The molecule has 8 nitrogen and oxygen atoms in total. The molecule has 1 saturated heterocycles. The number of hydrogen-bond donors (Lipinski definition) is 0. The Bertz CT molecular complexity index is 1270. The number of anilines is 1. The van der Waals surface area contributed by atoms with Gasteiger partial charge in [-0.15, -0.1) is 0 Å². The molecule has 1 fully saturated rings.